The van der Waals surface area contributed by atoms with Gasteiger partial charge in [-0.1, -0.05) is 6.07 Å². The molecule has 0 aliphatic rings. The topological polar surface area (TPSA) is 42.2 Å². The molecule has 0 N–H and O–H groups in total. The third-order valence-corrected chi connectivity index (χ3v) is 2.16. The first-order chi connectivity index (χ1) is 6.72. The first-order valence-electron chi connectivity index (χ1n) is 3.98. The van der Waals surface area contributed by atoms with E-state index in [9.17, 15) is 0 Å². The second-order valence-electron chi connectivity index (χ2n) is 2.61. The highest BCUT2D eigenvalue weighted by atomic mass is 35.5. The van der Waals surface area contributed by atoms with Crippen molar-refractivity contribution >= 4 is 11.6 Å². The van der Waals surface area contributed by atoms with Gasteiger partial charge in [0.25, 0.3) is 0 Å². The van der Waals surface area contributed by atoms with E-state index in [1.54, 1.807) is 25.3 Å². The van der Waals surface area contributed by atoms with Crippen molar-refractivity contribution in [3.63, 3.8) is 0 Å². The molecule has 0 radical (unpaired) electrons. The molecule has 0 aromatic heterocycles. The molecule has 1 unspecified atom stereocenters. The summed E-state index contributed by atoms with van der Waals surface area (Å²) in [5, 5.41) is 7.97. The van der Waals surface area contributed by atoms with Crippen molar-refractivity contribution in [2.75, 3.05) is 14.2 Å². The lowest BCUT2D eigenvalue weighted by Crippen LogP contribution is -1.93. The highest BCUT2D eigenvalue weighted by molar-refractivity contribution is 6.22. The van der Waals surface area contributed by atoms with Crippen LogP contribution in [0.25, 0.3) is 0 Å². The van der Waals surface area contributed by atoms with Gasteiger partial charge in [-0.2, -0.15) is 5.26 Å². The fraction of sp³-hybridized carbons (Fsp3) is 0.300. The van der Waals surface area contributed by atoms with Gasteiger partial charge in [0.1, 0.15) is 5.38 Å². The molecule has 0 saturated carbocycles. The quantitative estimate of drug-likeness (QED) is 0.722. The van der Waals surface area contributed by atoms with Crippen LogP contribution in [0.15, 0.2) is 18.2 Å². The zero-order valence-corrected chi connectivity index (χ0v) is 8.71. The van der Waals surface area contributed by atoms with E-state index in [2.05, 4.69) is 0 Å². The first-order valence-corrected chi connectivity index (χ1v) is 4.42. The molecular formula is C10H10ClNO2. The monoisotopic (exact) mass is 211 g/mol. The van der Waals surface area contributed by atoms with Crippen LogP contribution >= 0.6 is 11.6 Å². The molecule has 0 heterocycles. The van der Waals surface area contributed by atoms with Crippen molar-refractivity contribution in [2.24, 2.45) is 0 Å². The fourth-order valence-corrected chi connectivity index (χ4v) is 1.22. The van der Waals surface area contributed by atoms with Gasteiger partial charge in [-0.25, -0.2) is 0 Å². The van der Waals surface area contributed by atoms with Crippen molar-refractivity contribution in [2.45, 2.75) is 5.38 Å². The van der Waals surface area contributed by atoms with Crippen LogP contribution in [0.2, 0.25) is 0 Å². The highest BCUT2D eigenvalue weighted by Gasteiger charge is 2.10. The maximum Gasteiger partial charge on any atom is 0.161 e. The van der Waals surface area contributed by atoms with Gasteiger partial charge in [-0.3, -0.25) is 0 Å². The fourth-order valence-electron chi connectivity index (χ4n) is 1.08. The number of halogens is 1. The van der Waals surface area contributed by atoms with E-state index >= 15 is 0 Å². The Morgan fingerprint density at radius 3 is 2.43 bits per heavy atom. The Morgan fingerprint density at radius 2 is 1.93 bits per heavy atom. The van der Waals surface area contributed by atoms with Crippen LogP contribution in [-0.4, -0.2) is 14.2 Å². The van der Waals surface area contributed by atoms with Crippen molar-refractivity contribution in [1.29, 1.82) is 5.26 Å². The van der Waals surface area contributed by atoms with Gasteiger partial charge in [0.2, 0.25) is 0 Å². The van der Waals surface area contributed by atoms with Crippen LogP contribution in [0.1, 0.15) is 10.9 Å². The summed E-state index contributed by atoms with van der Waals surface area (Å²) in [7, 11) is 3.09. The van der Waals surface area contributed by atoms with Crippen molar-refractivity contribution in [1.82, 2.24) is 0 Å². The highest BCUT2D eigenvalue weighted by Crippen LogP contribution is 2.31. The number of ether oxygens (including phenoxy) is 2. The van der Waals surface area contributed by atoms with E-state index in [1.807, 2.05) is 6.07 Å². The Morgan fingerprint density at radius 1 is 1.29 bits per heavy atom. The predicted molar refractivity (Wildman–Crippen MR) is 53.8 cm³/mol. The third-order valence-electron chi connectivity index (χ3n) is 1.81. The summed E-state index contributed by atoms with van der Waals surface area (Å²) in [6.07, 6.45) is 0. The standard InChI is InChI=1S/C10H10ClNO2/c1-13-9-4-3-7(8(11)6-12)5-10(9)14-2/h3-5,8H,1-2H3. The van der Waals surface area contributed by atoms with Gasteiger partial charge >= 0.3 is 0 Å². The molecule has 0 aliphatic carbocycles. The van der Waals surface area contributed by atoms with E-state index in [1.165, 1.54) is 7.11 Å². The van der Waals surface area contributed by atoms with Crippen LogP contribution in [0.4, 0.5) is 0 Å². The maximum atomic E-state index is 8.62. The van der Waals surface area contributed by atoms with Gasteiger partial charge < -0.3 is 9.47 Å². The summed E-state index contributed by atoms with van der Waals surface area (Å²) in [4.78, 5) is 0. The van der Waals surface area contributed by atoms with Crippen LogP contribution in [0.5, 0.6) is 11.5 Å². The van der Waals surface area contributed by atoms with Gasteiger partial charge in [-0.15, -0.1) is 11.6 Å². The summed E-state index contributed by atoms with van der Waals surface area (Å²) < 4.78 is 10.1. The first kappa shape index (κ1) is 10.7. The molecule has 0 spiro atoms. The second-order valence-corrected chi connectivity index (χ2v) is 3.04. The molecule has 4 heteroatoms. The lowest BCUT2D eigenvalue weighted by atomic mass is 10.1. The lowest BCUT2D eigenvalue weighted by molar-refractivity contribution is 0.354. The van der Waals surface area contributed by atoms with Crippen molar-refractivity contribution < 1.29 is 9.47 Å². The molecule has 74 valence electrons. The second kappa shape index (κ2) is 4.73. The lowest BCUT2D eigenvalue weighted by Gasteiger charge is -2.09. The molecule has 3 nitrogen and oxygen atoms in total. The molecule has 0 bridgehead atoms. The van der Waals surface area contributed by atoms with Gasteiger partial charge in [0.05, 0.1) is 20.3 Å². The molecule has 0 saturated heterocycles. The van der Waals surface area contributed by atoms with E-state index in [4.69, 9.17) is 26.3 Å². The van der Waals surface area contributed by atoms with Gasteiger partial charge in [-0.05, 0) is 17.7 Å². The zero-order valence-electron chi connectivity index (χ0n) is 7.95. The minimum atomic E-state index is -0.658. The number of nitriles is 1. The van der Waals surface area contributed by atoms with E-state index in [-0.39, 0.29) is 0 Å². The van der Waals surface area contributed by atoms with E-state index in [0.29, 0.717) is 17.1 Å². The van der Waals surface area contributed by atoms with Crippen LogP contribution < -0.4 is 9.47 Å². The number of hydrogen-bond acceptors (Lipinski definition) is 3. The molecular weight excluding hydrogens is 202 g/mol. The summed E-state index contributed by atoms with van der Waals surface area (Å²) in [5.74, 6) is 1.20. The van der Waals surface area contributed by atoms with Gasteiger partial charge in [0.15, 0.2) is 11.5 Å². The van der Waals surface area contributed by atoms with Crippen molar-refractivity contribution in [3.8, 4) is 17.6 Å². The van der Waals surface area contributed by atoms with Crippen molar-refractivity contribution in [3.05, 3.63) is 23.8 Å². The molecule has 0 fully saturated rings. The Bertz CT molecular complexity index is 360. The molecule has 1 aromatic rings. The number of hydrogen-bond donors (Lipinski definition) is 0. The number of alkyl halides is 1. The minimum Gasteiger partial charge on any atom is -0.493 e. The molecule has 1 aromatic carbocycles. The molecule has 0 aliphatic heterocycles. The molecule has 1 atom stereocenters. The predicted octanol–water partition coefficient (Wildman–Crippen LogP) is 2.51. The largest absolute Gasteiger partial charge is 0.493 e. The Balaban J connectivity index is 3.08. The summed E-state index contributed by atoms with van der Waals surface area (Å²) in [6, 6.07) is 7.09. The van der Waals surface area contributed by atoms with Gasteiger partial charge in [0, 0.05) is 0 Å². The number of nitrogens with zero attached hydrogens (tertiary/aromatic N) is 1. The van der Waals surface area contributed by atoms with Crippen LogP contribution in [0, 0.1) is 11.3 Å². The Hall–Kier alpha value is -1.40. The third kappa shape index (κ3) is 2.09. The normalized spacial score (nSPS) is 11.6. The number of benzene rings is 1. The molecule has 14 heavy (non-hydrogen) atoms. The zero-order chi connectivity index (χ0) is 10.6. The minimum absolute atomic E-state index is 0.575. The molecule has 1 rings (SSSR count). The SMILES string of the molecule is COc1ccc(C(Cl)C#N)cc1OC. The van der Waals surface area contributed by atoms with Crippen LogP contribution in [0.3, 0.4) is 0 Å². The Labute approximate surface area is 87.8 Å². The average Bonchev–Trinajstić information content (AvgIpc) is 2.26. The number of methoxy groups -OCH3 is 2. The number of rotatable bonds is 3. The maximum absolute atomic E-state index is 8.62. The summed E-state index contributed by atoms with van der Waals surface area (Å²) >= 11 is 5.76. The average molecular weight is 212 g/mol. The molecule has 0 amide bonds. The summed E-state index contributed by atoms with van der Waals surface area (Å²) in [6.45, 7) is 0. The summed E-state index contributed by atoms with van der Waals surface area (Å²) in [5.41, 5.74) is 0.701. The smallest absolute Gasteiger partial charge is 0.161 e. The van der Waals surface area contributed by atoms with E-state index in [0.717, 1.165) is 0 Å². The van der Waals surface area contributed by atoms with E-state index < -0.39 is 5.38 Å². The van der Waals surface area contributed by atoms with Crippen LogP contribution in [-0.2, 0) is 0 Å². The Kier molecular flexibility index (Phi) is 3.61.